The van der Waals surface area contributed by atoms with Gasteiger partial charge in [0.25, 0.3) is 5.91 Å². The number of piperidine rings is 1. The van der Waals surface area contributed by atoms with Crippen LogP contribution in [-0.4, -0.2) is 49.7 Å². The molecule has 0 N–H and O–H groups in total. The highest BCUT2D eigenvalue weighted by molar-refractivity contribution is 5.94. The Morgan fingerprint density at radius 2 is 1.75 bits per heavy atom. The van der Waals surface area contributed by atoms with E-state index >= 15 is 0 Å². The Kier molecular flexibility index (Phi) is 6.17. The smallest absolute Gasteiger partial charge is 0.469 e. The van der Waals surface area contributed by atoms with Crippen molar-refractivity contribution in [2.45, 2.75) is 19.8 Å². The van der Waals surface area contributed by atoms with Gasteiger partial charge in [-0.3, -0.25) is 9.59 Å². The van der Waals surface area contributed by atoms with E-state index < -0.39 is 6.16 Å². The molecule has 1 amide bonds. The van der Waals surface area contributed by atoms with Crippen LogP contribution in [0.4, 0.5) is 4.79 Å². The molecule has 0 spiro atoms. The third-order valence-corrected chi connectivity index (χ3v) is 3.88. The predicted octanol–water partition coefficient (Wildman–Crippen LogP) is 2.25. The lowest BCUT2D eigenvalue weighted by molar-refractivity contribution is -0.146. The number of methoxy groups -OCH3 is 1. The van der Waals surface area contributed by atoms with Crippen molar-refractivity contribution in [1.29, 1.82) is 0 Å². The fourth-order valence-corrected chi connectivity index (χ4v) is 2.58. The van der Waals surface area contributed by atoms with E-state index in [9.17, 15) is 14.4 Å². The van der Waals surface area contributed by atoms with Gasteiger partial charge in [0.15, 0.2) is 0 Å². The Hall–Kier alpha value is -2.57. The van der Waals surface area contributed by atoms with E-state index in [1.807, 2.05) is 0 Å². The number of carbonyl (C=O) groups is 3. The van der Waals surface area contributed by atoms with Gasteiger partial charge in [0.1, 0.15) is 5.75 Å². The molecule has 7 heteroatoms. The monoisotopic (exact) mass is 335 g/mol. The summed E-state index contributed by atoms with van der Waals surface area (Å²) >= 11 is 0. The molecule has 130 valence electrons. The molecule has 1 aromatic rings. The van der Waals surface area contributed by atoms with Crippen molar-refractivity contribution in [3.63, 3.8) is 0 Å². The summed E-state index contributed by atoms with van der Waals surface area (Å²) < 4.78 is 14.4. The Labute approximate surface area is 140 Å². The number of ether oxygens (including phenoxy) is 3. The molecule has 1 fully saturated rings. The second-order valence-electron chi connectivity index (χ2n) is 5.40. The third kappa shape index (κ3) is 4.47. The summed E-state index contributed by atoms with van der Waals surface area (Å²) in [6, 6.07) is 6.29. The average molecular weight is 335 g/mol. The Balaban J connectivity index is 1.91. The number of rotatable bonds is 4. The van der Waals surface area contributed by atoms with Crippen molar-refractivity contribution < 1.29 is 28.6 Å². The highest BCUT2D eigenvalue weighted by Gasteiger charge is 2.28. The molecule has 24 heavy (non-hydrogen) atoms. The fourth-order valence-electron chi connectivity index (χ4n) is 2.58. The maximum Gasteiger partial charge on any atom is 0.513 e. The van der Waals surface area contributed by atoms with Crippen LogP contribution in [0, 0.1) is 5.92 Å². The van der Waals surface area contributed by atoms with Crippen molar-refractivity contribution in [3.8, 4) is 5.75 Å². The van der Waals surface area contributed by atoms with Gasteiger partial charge in [-0.2, -0.15) is 0 Å². The molecule has 0 aliphatic carbocycles. The molecular formula is C17H21NO6. The number of esters is 1. The van der Waals surface area contributed by atoms with E-state index in [2.05, 4.69) is 4.74 Å². The van der Waals surface area contributed by atoms with Gasteiger partial charge in [-0.1, -0.05) is 0 Å². The zero-order valence-electron chi connectivity index (χ0n) is 13.8. The zero-order valence-corrected chi connectivity index (χ0v) is 13.8. The number of carbonyl (C=O) groups excluding carboxylic acids is 3. The molecule has 0 radical (unpaired) electrons. The third-order valence-electron chi connectivity index (χ3n) is 3.88. The first-order valence-electron chi connectivity index (χ1n) is 7.87. The quantitative estimate of drug-likeness (QED) is 0.620. The summed E-state index contributed by atoms with van der Waals surface area (Å²) in [5.41, 5.74) is 0.503. The number of hydrogen-bond donors (Lipinski definition) is 0. The lowest BCUT2D eigenvalue weighted by Gasteiger charge is -2.30. The Bertz CT molecular complexity index is 590. The van der Waals surface area contributed by atoms with Gasteiger partial charge in [-0.05, 0) is 44.0 Å². The lowest BCUT2D eigenvalue weighted by atomic mass is 9.96. The summed E-state index contributed by atoms with van der Waals surface area (Å²) in [6.45, 7) is 2.95. The van der Waals surface area contributed by atoms with Gasteiger partial charge in [0.05, 0.1) is 19.6 Å². The highest BCUT2D eigenvalue weighted by atomic mass is 16.7. The van der Waals surface area contributed by atoms with Crippen LogP contribution in [0.25, 0.3) is 0 Å². The van der Waals surface area contributed by atoms with Gasteiger partial charge >= 0.3 is 12.1 Å². The summed E-state index contributed by atoms with van der Waals surface area (Å²) in [5, 5.41) is 0. The van der Waals surface area contributed by atoms with E-state index in [0.29, 0.717) is 37.2 Å². The van der Waals surface area contributed by atoms with Crippen LogP contribution in [0.1, 0.15) is 30.1 Å². The summed E-state index contributed by atoms with van der Waals surface area (Å²) in [4.78, 5) is 36.9. The van der Waals surface area contributed by atoms with E-state index in [-0.39, 0.29) is 24.4 Å². The second kappa shape index (κ2) is 8.33. The van der Waals surface area contributed by atoms with Crippen LogP contribution in [0.2, 0.25) is 0 Å². The van der Waals surface area contributed by atoms with Crippen molar-refractivity contribution in [3.05, 3.63) is 29.8 Å². The minimum absolute atomic E-state index is 0.110. The van der Waals surface area contributed by atoms with Crippen molar-refractivity contribution in [2.75, 3.05) is 26.8 Å². The molecule has 7 nitrogen and oxygen atoms in total. The van der Waals surface area contributed by atoms with Crippen LogP contribution < -0.4 is 4.74 Å². The van der Waals surface area contributed by atoms with E-state index in [4.69, 9.17) is 9.47 Å². The lowest BCUT2D eigenvalue weighted by Crippen LogP contribution is -2.40. The first-order valence-corrected chi connectivity index (χ1v) is 7.87. The molecular weight excluding hydrogens is 314 g/mol. The van der Waals surface area contributed by atoms with Crippen LogP contribution in [0.15, 0.2) is 24.3 Å². The SMILES string of the molecule is CCOC(=O)Oc1ccc(C(=O)N2CCC(C(=O)OC)CC2)cc1. The average Bonchev–Trinajstić information content (AvgIpc) is 2.61. The van der Waals surface area contributed by atoms with Gasteiger partial charge in [-0.25, -0.2) is 4.79 Å². The van der Waals surface area contributed by atoms with Crippen molar-refractivity contribution >= 4 is 18.0 Å². The molecule has 1 heterocycles. The normalized spacial score (nSPS) is 14.8. The number of hydrogen-bond acceptors (Lipinski definition) is 6. The molecule has 1 aromatic carbocycles. The van der Waals surface area contributed by atoms with E-state index in [1.165, 1.54) is 7.11 Å². The topological polar surface area (TPSA) is 82.1 Å². The number of amides is 1. The number of benzene rings is 1. The first-order chi connectivity index (χ1) is 11.5. The Morgan fingerprint density at radius 1 is 1.12 bits per heavy atom. The van der Waals surface area contributed by atoms with Crippen LogP contribution in [0.3, 0.4) is 0 Å². The minimum Gasteiger partial charge on any atom is -0.469 e. The molecule has 0 aromatic heterocycles. The summed E-state index contributed by atoms with van der Waals surface area (Å²) in [7, 11) is 1.37. The van der Waals surface area contributed by atoms with Crippen LogP contribution in [0.5, 0.6) is 5.75 Å². The fraction of sp³-hybridized carbons (Fsp3) is 0.471. The molecule has 1 aliphatic rings. The first kappa shape index (κ1) is 17.8. The molecule has 0 atom stereocenters. The van der Waals surface area contributed by atoms with Gasteiger partial charge in [0, 0.05) is 18.7 Å². The van der Waals surface area contributed by atoms with Gasteiger partial charge in [0.2, 0.25) is 0 Å². The maximum atomic E-state index is 12.5. The standard InChI is InChI=1S/C17H21NO6/c1-3-23-17(21)24-14-6-4-12(5-7-14)15(19)18-10-8-13(9-11-18)16(20)22-2/h4-7,13H,3,8-11H2,1-2H3. The maximum absolute atomic E-state index is 12.5. The van der Waals surface area contributed by atoms with E-state index in [0.717, 1.165) is 0 Å². The summed E-state index contributed by atoms with van der Waals surface area (Å²) in [5.74, 6) is -0.155. The zero-order chi connectivity index (χ0) is 17.5. The molecule has 1 saturated heterocycles. The van der Waals surface area contributed by atoms with Crippen LogP contribution in [-0.2, 0) is 14.3 Å². The van der Waals surface area contributed by atoms with Gasteiger partial charge < -0.3 is 19.1 Å². The summed E-state index contributed by atoms with van der Waals surface area (Å²) in [6.07, 6.45) is 0.423. The Morgan fingerprint density at radius 3 is 2.29 bits per heavy atom. The van der Waals surface area contributed by atoms with Crippen LogP contribution >= 0.6 is 0 Å². The molecule has 0 saturated carbocycles. The van der Waals surface area contributed by atoms with Crippen molar-refractivity contribution in [2.24, 2.45) is 5.92 Å². The highest BCUT2D eigenvalue weighted by Crippen LogP contribution is 2.21. The number of likely N-dealkylation sites (tertiary alicyclic amines) is 1. The predicted molar refractivity (Wildman–Crippen MR) is 84.7 cm³/mol. The number of nitrogens with zero attached hydrogens (tertiary/aromatic N) is 1. The minimum atomic E-state index is -0.776. The van der Waals surface area contributed by atoms with Crippen molar-refractivity contribution in [1.82, 2.24) is 4.90 Å². The molecule has 0 bridgehead atoms. The van der Waals surface area contributed by atoms with Gasteiger partial charge in [-0.15, -0.1) is 0 Å². The second-order valence-corrected chi connectivity index (χ2v) is 5.40. The molecule has 0 unspecified atom stereocenters. The largest absolute Gasteiger partial charge is 0.513 e. The van der Waals surface area contributed by atoms with E-state index in [1.54, 1.807) is 36.1 Å². The molecule has 2 rings (SSSR count). The molecule has 1 aliphatic heterocycles.